The molecule has 8 heavy (non-hydrogen) atoms. The van der Waals surface area contributed by atoms with Crippen LogP contribution < -0.4 is 0 Å². The van der Waals surface area contributed by atoms with Crippen LogP contribution in [0.5, 0.6) is 0 Å². The smallest absolute Gasteiger partial charge is 0.122 e. The summed E-state index contributed by atoms with van der Waals surface area (Å²) in [4.78, 5) is 7.06. The normalized spacial score (nSPS) is 9.75. The van der Waals surface area contributed by atoms with E-state index in [-0.39, 0.29) is 0 Å². The van der Waals surface area contributed by atoms with Crippen molar-refractivity contribution in [2.75, 3.05) is 0 Å². The third-order valence-corrected chi connectivity index (χ3v) is 1.95. The fraction of sp³-hybridized carbons (Fsp3) is 0.400. The molecular weight excluding hydrogens is 215 g/mol. The highest BCUT2D eigenvalue weighted by atomic mass is 127. The number of H-pyrrole nitrogens is 1. The second kappa shape index (κ2) is 2.48. The molecule has 0 fully saturated rings. The van der Waals surface area contributed by atoms with Crippen LogP contribution in [-0.2, 0) is 6.42 Å². The lowest BCUT2D eigenvalue weighted by atomic mass is 10.4. The molecule has 0 atom stereocenters. The van der Waals surface area contributed by atoms with Gasteiger partial charge in [-0.3, -0.25) is 0 Å². The van der Waals surface area contributed by atoms with Crippen LogP contribution in [0.25, 0.3) is 0 Å². The van der Waals surface area contributed by atoms with Gasteiger partial charge in [0.1, 0.15) is 3.70 Å². The molecule has 0 radical (unpaired) electrons. The lowest BCUT2D eigenvalue weighted by Crippen LogP contribution is -1.80. The van der Waals surface area contributed by atoms with Gasteiger partial charge in [0.2, 0.25) is 0 Å². The van der Waals surface area contributed by atoms with Crippen molar-refractivity contribution in [2.45, 2.75) is 13.3 Å². The van der Waals surface area contributed by atoms with Gasteiger partial charge in [-0.25, -0.2) is 4.98 Å². The first-order chi connectivity index (χ1) is 3.84. The van der Waals surface area contributed by atoms with Gasteiger partial charge in [0, 0.05) is 5.69 Å². The molecule has 0 aliphatic rings. The van der Waals surface area contributed by atoms with E-state index in [0.717, 1.165) is 10.1 Å². The Hall–Kier alpha value is -0.0600. The number of nitrogens with zero attached hydrogens (tertiary/aromatic N) is 1. The van der Waals surface area contributed by atoms with E-state index in [4.69, 9.17) is 0 Å². The zero-order valence-electron chi connectivity index (χ0n) is 4.61. The van der Waals surface area contributed by atoms with Crippen LogP contribution in [0.4, 0.5) is 0 Å². The van der Waals surface area contributed by atoms with Crippen LogP contribution in [0.15, 0.2) is 6.33 Å². The molecule has 1 aromatic rings. The Kier molecular flexibility index (Phi) is 1.88. The summed E-state index contributed by atoms with van der Waals surface area (Å²) in [5.74, 6) is 0. The Morgan fingerprint density at radius 1 is 1.88 bits per heavy atom. The second-order valence-electron chi connectivity index (χ2n) is 1.53. The van der Waals surface area contributed by atoms with Gasteiger partial charge >= 0.3 is 0 Å². The zero-order valence-corrected chi connectivity index (χ0v) is 6.77. The topological polar surface area (TPSA) is 28.7 Å². The van der Waals surface area contributed by atoms with E-state index in [1.165, 1.54) is 5.69 Å². The third-order valence-electron chi connectivity index (χ3n) is 1.02. The van der Waals surface area contributed by atoms with Crippen LogP contribution in [-0.4, -0.2) is 9.97 Å². The van der Waals surface area contributed by atoms with Gasteiger partial charge in [-0.15, -0.1) is 0 Å². The fourth-order valence-electron chi connectivity index (χ4n) is 0.552. The minimum Gasteiger partial charge on any atom is -0.348 e. The molecule has 0 aliphatic heterocycles. The van der Waals surface area contributed by atoms with Crippen molar-refractivity contribution in [3.8, 4) is 0 Å². The van der Waals surface area contributed by atoms with E-state index in [1.807, 2.05) is 0 Å². The van der Waals surface area contributed by atoms with Crippen molar-refractivity contribution >= 4 is 22.6 Å². The van der Waals surface area contributed by atoms with Crippen molar-refractivity contribution in [2.24, 2.45) is 0 Å². The molecule has 1 rings (SSSR count). The minimum atomic E-state index is 1.04. The Labute approximate surface area is 61.9 Å². The van der Waals surface area contributed by atoms with Crippen molar-refractivity contribution in [3.63, 3.8) is 0 Å². The highest BCUT2D eigenvalue weighted by molar-refractivity contribution is 14.1. The molecule has 3 heteroatoms. The van der Waals surface area contributed by atoms with Crippen LogP contribution >= 0.6 is 22.6 Å². The largest absolute Gasteiger partial charge is 0.348 e. The maximum Gasteiger partial charge on any atom is 0.122 e. The number of aromatic nitrogens is 2. The number of rotatable bonds is 1. The molecule has 0 aromatic carbocycles. The predicted octanol–water partition coefficient (Wildman–Crippen LogP) is 1.58. The summed E-state index contributed by atoms with van der Waals surface area (Å²) in [7, 11) is 0. The van der Waals surface area contributed by atoms with E-state index in [2.05, 4.69) is 39.5 Å². The molecule has 0 aliphatic carbocycles. The molecule has 44 valence electrons. The summed E-state index contributed by atoms with van der Waals surface area (Å²) >= 11 is 2.21. The van der Waals surface area contributed by atoms with Crippen molar-refractivity contribution in [1.82, 2.24) is 9.97 Å². The van der Waals surface area contributed by atoms with Crippen molar-refractivity contribution in [3.05, 3.63) is 15.7 Å². The zero-order chi connectivity index (χ0) is 5.98. The maximum atomic E-state index is 4.02. The van der Waals surface area contributed by atoms with Gasteiger partial charge in [-0.05, 0) is 29.0 Å². The highest BCUT2D eigenvalue weighted by Crippen LogP contribution is 2.04. The van der Waals surface area contributed by atoms with Crippen LogP contribution in [0, 0.1) is 3.70 Å². The molecule has 1 N–H and O–H groups in total. The first-order valence-electron chi connectivity index (χ1n) is 2.52. The lowest BCUT2D eigenvalue weighted by molar-refractivity contribution is 1.05. The Morgan fingerprint density at radius 3 is 2.88 bits per heavy atom. The summed E-state index contributed by atoms with van der Waals surface area (Å²) < 4.78 is 1.09. The minimum absolute atomic E-state index is 1.04. The van der Waals surface area contributed by atoms with E-state index in [1.54, 1.807) is 6.33 Å². The van der Waals surface area contributed by atoms with Crippen LogP contribution in [0.1, 0.15) is 12.6 Å². The van der Waals surface area contributed by atoms with Crippen molar-refractivity contribution < 1.29 is 0 Å². The van der Waals surface area contributed by atoms with Crippen LogP contribution in [0.3, 0.4) is 0 Å². The van der Waals surface area contributed by atoms with Crippen molar-refractivity contribution in [1.29, 1.82) is 0 Å². The summed E-state index contributed by atoms with van der Waals surface area (Å²) in [5, 5.41) is 0. The molecule has 2 nitrogen and oxygen atoms in total. The quantitative estimate of drug-likeness (QED) is 0.718. The number of aryl methyl sites for hydroxylation is 1. The molecule has 0 unspecified atom stereocenters. The highest BCUT2D eigenvalue weighted by Gasteiger charge is 1.95. The molecule has 1 heterocycles. The standard InChI is InChI=1S/C5H7IN2/c1-2-4-5(6)8-3-7-4/h3H,2H2,1H3,(H,7,8). The van der Waals surface area contributed by atoms with Gasteiger partial charge in [0.15, 0.2) is 0 Å². The number of aromatic amines is 1. The van der Waals surface area contributed by atoms with Gasteiger partial charge < -0.3 is 4.98 Å². The van der Waals surface area contributed by atoms with Gasteiger partial charge in [0.25, 0.3) is 0 Å². The number of nitrogens with one attached hydrogen (secondary N) is 1. The number of imidazole rings is 1. The Morgan fingerprint density at radius 2 is 2.62 bits per heavy atom. The lowest BCUT2D eigenvalue weighted by Gasteiger charge is -1.85. The number of hydrogen-bond donors (Lipinski definition) is 1. The molecular formula is C5H7IN2. The summed E-state index contributed by atoms with van der Waals surface area (Å²) in [5.41, 5.74) is 1.23. The predicted molar refractivity (Wildman–Crippen MR) is 40.7 cm³/mol. The molecule has 0 spiro atoms. The third kappa shape index (κ3) is 1.02. The molecule has 0 saturated heterocycles. The maximum absolute atomic E-state index is 4.02. The Bertz CT molecular complexity index is 171. The molecule has 1 aromatic heterocycles. The van der Waals surface area contributed by atoms with E-state index in [9.17, 15) is 0 Å². The van der Waals surface area contributed by atoms with E-state index < -0.39 is 0 Å². The van der Waals surface area contributed by atoms with Gasteiger partial charge in [-0.1, -0.05) is 6.92 Å². The molecule has 0 saturated carbocycles. The van der Waals surface area contributed by atoms with Gasteiger partial charge in [-0.2, -0.15) is 0 Å². The molecule has 0 amide bonds. The van der Waals surface area contributed by atoms with E-state index in [0.29, 0.717) is 0 Å². The first kappa shape index (κ1) is 6.07. The first-order valence-corrected chi connectivity index (χ1v) is 3.60. The van der Waals surface area contributed by atoms with Crippen LogP contribution in [0.2, 0.25) is 0 Å². The summed E-state index contributed by atoms with van der Waals surface area (Å²) in [6.45, 7) is 2.11. The van der Waals surface area contributed by atoms with Gasteiger partial charge in [0.05, 0.1) is 6.33 Å². The molecule has 0 bridgehead atoms. The Balaban J connectivity index is 2.92. The summed E-state index contributed by atoms with van der Waals surface area (Å²) in [6.07, 6.45) is 2.76. The second-order valence-corrected chi connectivity index (χ2v) is 2.55. The number of halogens is 1. The average molecular weight is 222 g/mol. The average Bonchev–Trinajstić information content (AvgIpc) is 2.14. The fourth-order valence-corrected chi connectivity index (χ4v) is 1.23. The van der Waals surface area contributed by atoms with E-state index >= 15 is 0 Å². The summed E-state index contributed by atoms with van der Waals surface area (Å²) in [6, 6.07) is 0. The number of hydrogen-bond acceptors (Lipinski definition) is 1. The monoisotopic (exact) mass is 222 g/mol. The SMILES string of the molecule is CCc1[nH]cnc1I.